The number of rotatable bonds is 0. The fraction of sp³-hybridized carbons (Fsp3) is 1.00. The van der Waals surface area contributed by atoms with E-state index in [0.29, 0.717) is 6.54 Å². The average Bonchev–Trinajstić information content (AvgIpc) is 1.92. The second kappa shape index (κ2) is 3.33. The third kappa shape index (κ3) is 2.20. The molecule has 1 heterocycles. The highest BCUT2D eigenvalue weighted by atomic mass is 32.2. The fourth-order valence-corrected chi connectivity index (χ4v) is 2.59. The van der Waals surface area contributed by atoms with Crippen molar-refractivity contribution in [2.45, 2.75) is 11.4 Å². The van der Waals surface area contributed by atoms with Crippen LogP contribution in [0.3, 0.4) is 0 Å². The van der Waals surface area contributed by atoms with E-state index in [9.17, 15) is 17.4 Å². The smallest absolute Gasteiger partial charge is 0.304 e. The van der Waals surface area contributed by atoms with Gasteiger partial charge >= 0.3 is 6.18 Å². The molecule has 1 rings (SSSR count). The van der Waals surface area contributed by atoms with E-state index in [1.54, 1.807) is 11.9 Å². The summed E-state index contributed by atoms with van der Waals surface area (Å²) in [5.74, 6) is 0.126. The molecule has 0 N–H and O–H groups in total. The van der Waals surface area contributed by atoms with Gasteiger partial charge in [0.05, 0.1) is 0 Å². The summed E-state index contributed by atoms with van der Waals surface area (Å²) in [5, 5.41) is -1.66. The minimum Gasteiger partial charge on any atom is -0.304 e. The van der Waals surface area contributed by atoms with Crippen LogP contribution in [0.1, 0.15) is 0 Å². The van der Waals surface area contributed by atoms with Crippen LogP contribution >= 0.6 is 0 Å². The van der Waals surface area contributed by atoms with E-state index in [1.807, 2.05) is 0 Å². The molecule has 1 aliphatic rings. The van der Waals surface area contributed by atoms with Crippen LogP contribution in [0, 0.1) is 0 Å². The van der Waals surface area contributed by atoms with Gasteiger partial charge in [0.15, 0.2) is 0 Å². The predicted octanol–water partition coefficient (Wildman–Crippen LogP) is 0.611. The van der Waals surface area contributed by atoms with Crippen LogP contribution < -0.4 is 0 Å². The Labute approximate surface area is 71.2 Å². The molecule has 1 aliphatic heterocycles. The first-order chi connectivity index (χ1) is 5.41. The maximum atomic E-state index is 12.1. The number of alkyl halides is 3. The molecule has 0 bridgehead atoms. The van der Waals surface area contributed by atoms with E-state index in [1.165, 1.54) is 0 Å². The van der Waals surface area contributed by atoms with Gasteiger partial charge in [-0.15, -0.1) is 0 Å². The Balaban J connectivity index is 2.68. The van der Waals surface area contributed by atoms with E-state index in [2.05, 4.69) is 0 Å². The summed E-state index contributed by atoms with van der Waals surface area (Å²) in [6.45, 7) is 0.343. The first-order valence-corrected chi connectivity index (χ1v) is 4.92. The maximum absolute atomic E-state index is 12.1. The summed E-state index contributed by atoms with van der Waals surface area (Å²) in [5.41, 5.74) is 0. The van der Waals surface area contributed by atoms with Crippen molar-refractivity contribution in [1.29, 1.82) is 0 Å². The van der Waals surface area contributed by atoms with Gasteiger partial charge in [0.2, 0.25) is 0 Å². The standard InChI is InChI=1S/C6H10F3NOS/c1-10-2-3-12(11)5(4-10)6(7,8)9/h5H,2-4H2,1H3. The molecule has 2 unspecified atom stereocenters. The Bertz CT molecular complexity index is 194. The van der Waals surface area contributed by atoms with Crippen molar-refractivity contribution in [2.75, 3.05) is 25.9 Å². The van der Waals surface area contributed by atoms with Crippen molar-refractivity contribution in [3.8, 4) is 0 Å². The van der Waals surface area contributed by atoms with Gasteiger partial charge in [0, 0.05) is 29.6 Å². The first kappa shape index (κ1) is 9.98. The molecule has 0 aromatic carbocycles. The van der Waals surface area contributed by atoms with Gasteiger partial charge in [-0.05, 0) is 7.05 Å². The molecule has 6 heteroatoms. The van der Waals surface area contributed by atoms with E-state index < -0.39 is 22.2 Å². The van der Waals surface area contributed by atoms with Crippen molar-refractivity contribution in [2.24, 2.45) is 0 Å². The Morgan fingerprint density at radius 2 is 2.08 bits per heavy atom. The molecule has 1 saturated heterocycles. The van der Waals surface area contributed by atoms with E-state index in [0.717, 1.165) is 0 Å². The fourth-order valence-electron chi connectivity index (χ4n) is 1.10. The molecule has 2 nitrogen and oxygen atoms in total. The third-order valence-corrected chi connectivity index (χ3v) is 3.47. The van der Waals surface area contributed by atoms with Gasteiger partial charge < -0.3 is 4.90 Å². The first-order valence-electron chi connectivity index (χ1n) is 3.53. The minimum absolute atomic E-state index is 0.126. The average molecular weight is 201 g/mol. The van der Waals surface area contributed by atoms with Gasteiger partial charge in [-0.3, -0.25) is 4.21 Å². The molecule has 0 aromatic rings. The lowest BCUT2D eigenvalue weighted by Gasteiger charge is -2.30. The molecule has 0 aliphatic carbocycles. The van der Waals surface area contributed by atoms with Crippen LogP contribution in [0.25, 0.3) is 0 Å². The number of hydrogen-bond donors (Lipinski definition) is 0. The van der Waals surface area contributed by atoms with E-state index in [4.69, 9.17) is 0 Å². The zero-order chi connectivity index (χ0) is 9.35. The number of halogens is 3. The molecular formula is C6H10F3NOS. The lowest BCUT2D eigenvalue weighted by molar-refractivity contribution is -0.133. The molecule has 0 amide bonds. The highest BCUT2D eigenvalue weighted by Crippen LogP contribution is 2.27. The van der Waals surface area contributed by atoms with Gasteiger partial charge in [0.1, 0.15) is 5.25 Å². The molecule has 0 radical (unpaired) electrons. The molecule has 72 valence electrons. The van der Waals surface area contributed by atoms with Crippen molar-refractivity contribution in [3.63, 3.8) is 0 Å². The Morgan fingerprint density at radius 1 is 1.50 bits per heavy atom. The lowest BCUT2D eigenvalue weighted by atomic mass is 10.3. The molecule has 1 fully saturated rings. The van der Waals surface area contributed by atoms with Crippen LogP contribution in [0.2, 0.25) is 0 Å². The van der Waals surface area contributed by atoms with Crippen molar-refractivity contribution < 1.29 is 17.4 Å². The summed E-state index contributed by atoms with van der Waals surface area (Å²) < 4.78 is 47.4. The molecular weight excluding hydrogens is 191 g/mol. The molecule has 0 saturated carbocycles. The van der Waals surface area contributed by atoms with Gasteiger partial charge in [-0.1, -0.05) is 0 Å². The van der Waals surface area contributed by atoms with Gasteiger partial charge in [-0.25, -0.2) is 0 Å². The van der Waals surface area contributed by atoms with Crippen LogP contribution in [0.5, 0.6) is 0 Å². The molecule has 0 aromatic heterocycles. The molecule has 2 atom stereocenters. The zero-order valence-electron chi connectivity index (χ0n) is 6.60. The highest BCUT2D eigenvalue weighted by molar-refractivity contribution is 7.85. The zero-order valence-corrected chi connectivity index (χ0v) is 7.41. The van der Waals surface area contributed by atoms with E-state index in [-0.39, 0.29) is 12.3 Å². The molecule has 12 heavy (non-hydrogen) atoms. The second-order valence-corrected chi connectivity index (χ2v) is 4.62. The monoisotopic (exact) mass is 201 g/mol. The summed E-state index contributed by atoms with van der Waals surface area (Å²) in [6, 6.07) is 0. The van der Waals surface area contributed by atoms with Crippen LogP contribution in [0.15, 0.2) is 0 Å². The van der Waals surface area contributed by atoms with Crippen LogP contribution in [-0.4, -0.2) is 46.4 Å². The minimum atomic E-state index is -4.32. The second-order valence-electron chi connectivity index (χ2n) is 2.88. The topological polar surface area (TPSA) is 20.3 Å². The van der Waals surface area contributed by atoms with Crippen LogP contribution in [0.4, 0.5) is 13.2 Å². The third-order valence-electron chi connectivity index (χ3n) is 1.83. The van der Waals surface area contributed by atoms with Gasteiger partial charge in [-0.2, -0.15) is 13.2 Å². The summed E-state index contributed by atoms with van der Waals surface area (Å²) >= 11 is 0. The number of hydrogen-bond acceptors (Lipinski definition) is 2. The molecule has 0 spiro atoms. The van der Waals surface area contributed by atoms with Crippen molar-refractivity contribution in [3.05, 3.63) is 0 Å². The SMILES string of the molecule is CN1CCS(=O)C(C(F)(F)F)C1. The van der Waals surface area contributed by atoms with Crippen molar-refractivity contribution >= 4 is 10.8 Å². The lowest BCUT2D eigenvalue weighted by Crippen LogP contribution is -2.49. The predicted molar refractivity (Wildman–Crippen MR) is 40.3 cm³/mol. The highest BCUT2D eigenvalue weighted by Gasteiger charge is 2.45. The largest absolute Gasteiger partial charge is 0.404 e. The quantitative estimate of drug-likeness (QED) is 0.572. The normalized spacial score (nSPS) is 33.7. The Kier molecular flexibility index (Phi) is 2.77. The Hall–Kier alpha value is -0.100. The van der Waals surface area contributed by atoms with Crippen LogP contribution in [-0.2, 0) is 10.8 Å². The van der Waals surface area contributed by atoms with Gasteiger partial charge in [0.25, 0.3) is 0 Å². The Morgan fingerprint density at radius 3 is 2.50 bits per heavy atom. The summed E-state index contributed by atoms with van der Waals surface area (Å²) in [6.07, 6.45) is -4.32. The number of nitrogens with zero attached hydrogens (tertiary/aromatic N) is 1. The summed E-state index contributed by atoms with van der Waals surface area (Å²) in [7, 11) is -0.129. The van der Waals surface area contributed by atoms with Crippen molar-refractivity contribution in [1.82, 2.24) is 4.90 Å². The summed E-state index contributed by atoms with van der Waals surface area (Å²) in [4.78, 5) is 1.56. The van der Waals surface area contributed by atoms with E-state index >= 15 is 0 Å². The maximum Gasteiger partial charge on any atom is 0.404 e.